The highest BCUT2D eigenvalue weighted by molar-refractivity contribution is 8.00. The molecule has 2 aliphatic heterocycles. The van der Waals surface area contributed by atoms with Crippen molar-refractivity contribution in [1.82, 2.24) is 14.8 Å². The number of hydrogen-bond donors (Lipinski definition) is 2. The minimum absolute atomic E-state index is 0.0562. The molecule has 2 saturated heterocycles. The second kappa shape index (κ2) is 8.19. The smallest absolute Gasteiger partial charge is 0.315 e. The first-order valence-electron chi connectivity index (χ1n) is 8.83. The Morgan fingerprint density at radius 3 is 2.76 bits per heavy atom. The molecule has 0 bridgehead atoms. The average Bonchev–Trinajstić information content (AvgIpc) is 3.03. The molecule has 0 radical (unpaired) electrons. The van der Waals surface area contributed by atoms with Crippen LogP contribution in [0.5, 0.6) is 0 Å². The fraction of sp³-hybridized carbons (Fsp3) is 0.588. The first kappa shape index (κ1) is 21.4. The van der Waals surface area contributed by atoms with Crippen molar-refractivity contribution < 1.29 is 29.0 Å². The van der Waals surface area contributed by atoms with Crippen LogP contribution < -0.4 is 10.1 Å². The van der Waals surface area contributed by atoms with Gasteiger partial charge >= 0.3 is 11.9 Å². The van der Waals surface area contributed by atoms with Crippen LogP contribution in [-0.2, 0) is 37.4 Å². The van der Waals surface area contributed by atoms with Crippen molar-refractivity contribution >= 4 is 46.9 Å². The number of thioether (sulfide) groups is 1. The van der Waals surface area contributed by atoms with Gasteiger partial charge in [0.05, 0.1) is 6.42 Å². The van der Waals surface area contributed by atoms with E-state index in [2.05, 4.69) is 10.3 Å². The minimum Gasteiger partial charge on any atom is -0.481 e. The number of nitrogens with zero attached hydrogens (tertiary/aromatic N) is 3. The summed E-state index contributed by atoms with van der Waals surface area (Å²) in [5.74, 6) is -2.12. The van der Waals surface area contributed by atoms with Crippen LogP contribution in [0.15, 0.2) is 10.4 Å². The second-order valence-electron chi connectivity index (χ2n) is 7.05. The zero-order valence-electron chi connectivity index (χ0n) is 16.2. The summed E-state index contributed by atoms with van der Waals surface area (Å²) < 4.78 is 6.74. The highest BCUT2D eigenvalue weighted by atomic mass is 32.2. The molecule has 12 heteroatoms. The van der Waals surface area contributed by atoms with Gasteiger partial charge in [0.2, 0.25) is 11.8 Å². The molecule has 0 aliphatic carbocycles. The van der Waals surface area contributed by atoms with Gasteiger partial charge in [0.25, 0.3) is 0 Å². The predicted octanol–water partition coefficient (Wildman–Crippen LogP) is -0.806. The number of carbonyl (C=O) groups is 4. The normalized spacial score (nSPS) is 26.5. The van der Waals surface area contributed by atoms with Gasteiger partial charge in [-0.1, -0.05) is 0 Å². The lowest BCUT2D eigenvalue weighted by molar-refractivity contribution is -0.164. The Labute approximate surface area is 174 Å². The number of esters is 1. The summed E-state index contributed by atoms with van der Waals surface area (Å²) in [6, 6.07) is -0.688. The molecule has 0 aromatic carbocycles. The van der Waals surface area contributed by atoms with Crippen molar-refractivity contribution in [3.63, 3.8) is 0 Å². The summed E-state index contributed by atoms with van der Waals surface area (Å²) in [7, 11) is 3.50. The van der Waals surface area contributed by atoms with E-state index in [1.807, 2.05) is 17.0 Å². The lowest BCUT2D eigenvalue weighted by Crippen LogP contribution is -2.74. The molecule has 29 heavy (non-hydrogen) atoms. The summed E-state index contributed by atoms with van der Waals surface area (Å²) in [4.78, 5) is 54.1. The fourth-order valence-corrected chi connectivity index (χ4v) is 5.69. The largest absolute Gasteiger partial charge is 0.481 e. The van der Waals surface area contributed by atoms with E-state index in [0.29, 0.717) is 0 Å². The molecule has 2 fully saturated rings. The van der Waals surface area contributed by atoms with Crippen LogP contribution in [0.4, 0.5) is 0 Å². The molecule has 1 aromatic heterocycles. The molecule has 0 saturated carbocycles. The number of thiazole rings is 1. The van der Waals surface area contributed by atoms with Crippen molar-refractivity contribution in [3.05, 3.63) is 15.9 Å². The van der Waals surface area contributed by atoms with Crippen molar-refractivity contribution in [2.24, 2.45) is 17.5 Å². The van der Waals surface area contributed by atoms with Gasteiger partial charge in [0, 0.05) is 44.4 Å². The van der Waals surface area contributed by atoms with Crippen LogP contribution in [0.3, 0.4) is 0 Å². The van der Waals surface area contributed by atoms with Gasteiger partial charge in [-0.15, -0.1) is 23.1 Å². The van der Waals surface area contributed by atoms with Crippen molar-refractivity contribution in [2.75, 3.05) is 26.0 Å². The van der Waals surface area contributed by atoms with Gasteiger partial charge < -0.3 is 24.6 Å². The van der Waals surface area contributed by atoms with E-state index in [1.165, 1.54) is 34.9 Å². The molecule has 3 rings (SSSR count). The molecule has 10 nitrogen and oxygen atoms in total. The molecule has 3 heterocycles. The van der Waals surface area contributed by atoms with E-state index in [4.69, 9.17) is 4.74 Å². The predicted molar refractivity (Wildman–Crippen MR) is 105 cm³/mol. The third-order valence-electron chi connectivity index (χ3n) is 5.02. The van der Waals surface area contributed by atoms with E-state index < -0.39 is 23.4 Å². The minimum atomic E-state index is -1.35. The molecule has 2 aliphatic rings. The Morgan fingerprint density at radius 1 is 1.45 bits per heavy atom. The van der Waals surface area contributed by atoms with Crippen LogP contribution in [0.2, 0.25) is 0 Å². The Kier molecular flexibility index (Phi) is 6.03. The quantitative estimate of drug-likeness (QED) is 0.435. The van der Waals surface area contributed by atoms with Gasteiger partial charge in [-0.05, 0) is 0 Å². The number of β-lactam (4-membered cyclic amide) rings is 1. The van der Waals surface area contributed by atoms with E-state index >= 15 is 0 Å². The van der Waals surface area contributed by atoms with Crippen LogP contribution in [0.1, 0.15) is 12.6 Å². The first-order valence-corrected chi connectivity index (χ1v) is 10.8. The highest BCUT2D eigenvalue weighted by Gasteiger charge is 2.57. The molecule has 2 N–H and O–H groups in total. The highest BCUT2D eigenvalue weighted by Crippen LogP contribution is 2.42. The maximum absolute atomic E-state index is 12.5. The number of carboxylic acids is 1. The maximum atomic E-state index is 12.5. The van der Waals surface area contributed by atoms with E-state index in [1.54, 1.807) is 7.05 Å². The van der Waals surface area contributed by atoms with Gasteiger partial charge in [0.1, 0.15) is 23.4 Å². The van der Waals surface area contributed by atoms with Crippen LogP contribution >= 0.6 is 23.1 Å². The lowest BCUT2D eigenvalue weighted by atomic mass is 9.88. The molecule has 1 aromatic rings. The number of carboxylic acid groups (broad SMARTS) is 1. The molecule has 3 atom stereocenters. The number of rotatable bonds is 6. The fourth-order valence-electron chi connectivity index (χ4n) is 3.30. The summed E-state index contributed by atoms with van der Waals surface area (Å²) in [5.41, 5.74) is -0.554. The van der Waals surface area contributed by atoms with E-state index in [-0.39, 0.29) is 42.5 Å². The molecular weight excluding hydrogens is 420 g/mol. The second-order valence-corrected chi connectivity index (χ2v) is 8.99. The summed E-state index contributed by atoms with van der Waals surface area (Å²) in [6.07, 6.45) is 0.120. The lowest BCUT2D eigenvalue weighted by Gasteiger charge is -2.53. The number of carbonyl (C=O) groups excluding carboxylic acids is 3. The zero-order valence-corrected chi connectivity index (χ0v) is 17.8. The SMILES string of the molecule is CN=c1scc(CC(=O)NC2C(=O)N3CC(COC(C)=O)(C(=O)O)CS[C@H]23)n1C. The van der Waals surface area contributed by atoms with Crippen molar-refractivity contribution in [2.45, 2.75) is 24.8 Å². The monoisotopic (exact) mass is 442 g/mol. The Balaban J connectivity index is 1.62. The van der Waals surface area contributed by atoms with Gasteiger partial charge in [-0.3, -0.25) is 24.2 Å². The molecule has 2 unspecified atom stereocenters. The van der Waals surface area contributed by atoms with Crippen LogP contribution in [0.25, 0.3) is 0 Å². The van der Waals surface area contributed by atoms with Crippen LogP contribution in [-0.4, -0.2) is 75.7 Å². The summed E-state index contributed by atoms with van der Waals surface area (Å²) >= 11 is 2.70. The van der Waals surface area contributed by atoms with Gasteiger partial charge in [0.15, 0.2) is 4.80 Å². The first-order chi connectivity index (χ1) is 13.7. The Morgan fingerprint density at radius 2 is 2.17 bits per heavy atom. The average molecular weight is 443 g/mol. The molecule has 0 spiro atoms. The van der Waals surface area contributed by atoms with Crippen LogP contribution in [0, 0.1) is 5.41 Å². The zero-order chi connectivity index (χ0) is 21.3. The number of fused-ring (bicyclic) bond motifs is 1. The van der Waals surface area contributed by atoms with Crippen molar-refractivity contribution in [1.29, 1.82) is 0 Å². The number of amides is 2. The number of nitrogens with one attached hydrogen (secondary N) is 1. The summed E-state index contributed by atoms with van der Waals surface area (Å²) in [5, 5.41) is 13.9. The summed E-state index contributed by atoms with van der Waals surface area (Å²) in [6.45, 7) is 0.858. The standard InChI is InChI=1S/C17H22N4O6S2/c1-9(22)27-7-17(15(25)26)6-21-13(24)12(14(21)29-8-17)19-11(23)4-10-5-28-16(18-2)20(10)3/h5,12,14H,4,6-8H2,1-3H3,(H,19,23)(H,25,26)/t12?,14-,17?/m1/s1. The van der Waals surface area contributed by atoms with Crippen molar-refractivity contribution in [3.8, 4) is 0 Å². The number of ether oxygens (including phenoxy) is 1. The molecule has 2 amide bonds. The number of aliphatic carboxylic acids is 1. The molecule has 158 valence electrons. The Bertz CT molecular complexity index is 925. The number of hydrogen-bond acceptors (Lipinski definition) is 8. The van der Waals surface area contributed by atoms with Gasteiger partial charge in [-0.2, -0.15) is 0 Å². The Hall–Kier alpha value is -2.34. The topological polar surface area (TPSA) is 130 Å². The van der Waals surface area contributed by atoms with E-state index in [9.17, 15) is 24.3 Å². The van der Waals surface area contributed by atoms with Gasteiger partial charge in [-0.25, -0.2) is 0 Å². The third-order valence-corrected chi connectivity index (χ3v) is 7.66. The molecular formula is C17H22N4O6S2. The van der Waals surface area contributed by atoms with E-state index in [0.717, 1.165) is 10.5 Å². The third kappa shape index (κ3) is 4.04. The maximum Gasteiger partial charge on any atom is 0.315 e. The number of aromatic nitrogens is 1.